The molecule has 0 radical (unpaired) electrons. The lowest BCUT2D eigenvalue weighted by Gasteiger charge is -2.29. The summed E-state index contributed by atoms with van der Waals surface area (Å²) in [6.07, 6.45) is 0. The Labute approximate surface area is 131 Å². The molecule has 9 heteroatoms. The van der Waals surface area contributed by atoms with E-state index in [-0.39, 0.29) is 4.90 Å². The number of halogens is 3. The topological polar surface area (TPSA) is 46.6 Å². The molecule has 1 atom stereocenters. The zero-order valence-corrected chi connectivity index (χ0v) is 13.6. The van der Waals surface area contributed by atoms with E-state index in [1.807, 2.05) is 0 Å². The van der Waals surface area contributed by atoms with Crippen LogP contribution in [0.3, 0.4) is 0 Å². The first-order chi connectivity index (χ1) is 8.69. The first kappa shape index (κ1) is 16.9. The molecule has 4 nitrogen and oxygen atoms in total. The van der Waals surface area contributed by atoms with E-state index in [0.717, 1.165) is 4.31 Å². The highest BCUT2D eigenvalue weighted by molar-refractivity contribution is 8.31. The van der Waals surface area contributed by atoms with Crippen molar-refractivity contribution in [1.29, 1.82) is 0 Å². The highest BCUT2D eigenvalue weighted by atomic mass is 35.6. The van der Waals surface area contributed by atoms with Crippen molar-refractivity contribution in [3.8, 4) is 0 Å². The fourth-order valence-electron chi connectivity index (χ4n) is 1.21. The number of esters is 1. The molecule has 1 unspecified atom stereocenters. The number of nitrogens with zero attached hydrogens (tertiary/aromatic N) is 1. The van der Waals surface area contributed by atoms with Gasteiger partial charge in [-0.25, -0.2) is 4.21 Å². The van der Waals surface area contributed by atoms with E-state index < -0.39 is 25.1 Å². The summed E-state index contributed by atoms with van der Waals surface area (Å²) in [6, 6.07) is 8.10. The van der Waals surface area contributed by atoms with E-state index >= 15 is 0 Å². The minimum absolute atomic E-state index is 0.278. The van der Waals surface area contributed by atoms with Gasteiger partial charge in [-0.05, 0) is 12.1 Å². The standard InChI is InChI=1S/C10H10Cl3NO3S2/c1-17-9(15)7-14(10(11,12)13)19(16,18)8-5-3-2-4-6-8/h2-6H,7H2,1H3. The fraction of sp³-hybridized carbons (Fsp3) is 0.300. The Bertz CT molecular complexity index is 543. The van der Waals surface area contributed by atoms with E-state index in [0.29, 0.717) is 0 Å². The Hall–Kier alpha value is -0.110. The largest absolute Gasteiger partial charge is 0.468 e. The van der Waals surface area contributed by atoms with Crippen molar-refractivity contribution in [3.05, 3.63) is 30.3 Å². The molecule has 1 aromatic carbocycles. The number of carbonyl (C=O) groups excluding carboxylic acids is 1. The maximum Gasteiger partial charge on any atom is 0.321 e. The van der Waals surface area contributed by atoms with Crippen molar-refractivity contribution >= 4 is 60.6 Å². The Morgan fingerprint density at radius 1 is 1.37 bits per heavy atom. The minimum Gasteiger partial charge on any atom is -0.468 e. The van der Waals surface area contributed by atoms with Crippen molar-refractivity contribution in [2.24, 2.45) is 0 Å². The number of carbonyl (C=O) groups is 1. The second-order valence-electron chi connectivity index (χ2n) is 3.37. The van der Waals surface area contributed by atoms with Gasteiger partial charge in [0, 0.05) is 11.2 Å². The number of hydrogen-bond donors (Lipinski definition) is 0. The van der Waals surface area contributed by atoms with Crippen LogP contribution in [-0.2, 0) is 29.4 Å². The van der Waals surface area contributed by atoms with Crippen LogP contribution in [0.4, 0.5) is 0 Å². The Kier molecular flexibility index (Phi) is 5.85. The van der Waals surface area contributed by atoms with Crippen LogP contribution in [0.5, 0.6) is 0 Å². The van der Waals surface area contributed by atoms with E-state index in [2.05, 4.69) is 4.74 Å². The smallest absolute Gasteiger partial charge is 0.321 e. The van der Waals surface area contributed by atoms with Crippen molar-refractivity contribution in [1.82, 2.24) is 4.31 Å². The Morgan fingerprint density at radius 2 is 1.89 bits per heavy atom. The molecule has 0 aliphatic carbocycles. The average molecular weight is 363 g/mol. The third-order valence-corrected chi connectivity index (χ3v) is 6.00. The van der Waals surface area contributed by atoms with Gasteiger partial charge < -0.3 is 4.74 Å². The lowest BCUT2D eigenvalue weighted by atomic mass is 10.4. The van der Waals surface area contributed by atoms with Gasteiger partial charge >= 0.3 is 5.97 Å². The third-order valence-electron chi connectivity index (χ3n) is 2.11. The van der Waals surface area contributed by atoms with Crippen LogP contribution in [0, 0.1) is 0 Å². The summed E-state index contributed by atoms with van der Waals surface area (Å²) in [4.78, 5) is 11.6. The number of rotatable bonds is 4. The molecule has 106 valence electrons. The monoisotopic (exact) mass is 361 g/mol. The van der Waals surface area contributed by atoms with Gasteiger partial charge in [-0.1, -0.05) is 53.0 Å². The minimum atomic E-state index is -3.29. The van der Waals surface area contributed by atoms with E-state index in [4.69, 9.17) is 46.0 Å². The highest BCUT2D eigenvalue weighted by Crippen LogP contribution is 2.35. The van der Waals surface area contributed by atoms with Crippen LogP contribution >= 0.6 is 34.8 Å². The van der Waals surface area contributed by atoms with Crippen molar-refractivity contribution in [3.63, 3.8) is 0 Å². The van der Waals surface area contributed by atoms with Crippen LogP contribution in [0.1, 0.15) is 0 Å². The third kappa shape index (κ3) is 4.44. The predicted octanol–water partition coefficient (Wildman–Crippen LogP) is 2.51. The summed E-state index contributed by atoms with van der Waals surface area (Å²) in [5.74, 6) is -0.708. The number of alkyl halides is 3. The molecule has 0 aromatic heterocycles. The lowest BCUT2D eigenvalue weighted by molar-refractivity contribution is -0.140. The summed E-state index contributed by atoms with van der Waals surface area (Å²) in [7, 11) is -2.12. The molecule has 0 aliphatic heterocycles. The normalized spacial score (nSPS) is 15.0. The predicted molar refractivity (Wildman–Crippen MR) is 79.2 cm³/mol. The van der Waals surface area contributed by atoms with Gasteiger partial charge in [0.2, 0.25) is 0 Å². The van der Waals surface area contributed by atoms with Gasteiger partial charge in [0.25, 0.3) is 3.92 Å². The van der Waals surface area contributed by atoms with Crippen molar-refractivity contribution in [2.45, 2.75) is 8.81 Å². The second kappa shape index (κ2) is 6.56. The summed E-state index contributed by atoms with van der Waals surface area (Å²) in [6.45, 7) is -0.496. The van der Waals surface area contributed by atoms with Gasteiger partial charge in [0.1, 0.15) is 15.2 Å². The molecule has 0 N–H and O–H groups in total. The van der Waals surface area contributed by atoms with E-state index in [1.54, 1.807) is 18.2 Å². The number of hydrogen-bond acceptors (Lipinski definition) is 4. The molecule has 0 spiro atoms. The summed E-state index contributed by atoms with van der Waals surface area (Å²) in [5.41, 5.74) is 0. The Balaban J connectivity index is 3.22. The van der Waals surface area contributed by atoms with E-state index in [1.165, 1.54) is 19.2 Å². The molecular weight excluding hydrogens is 353 g/mol. The zero-order chi connectivity index (χ0) is 14.7. The molecule has 0 amide bonds. The van der Waals surface area contributed by atoms with Gasteiger partial charge in [0.15, 0.2) is 0 Å². The van der Waals surface area contributed by atoms with E-state index in [9.17, 15) is 9.00 Å². The van der Waals surface area contributed by atoms with Gasteiger partial charge in [0.05, 0.1) is 12.0 Å². The molecule has 0 heterocycles. The molecule has 0 aliphatic rings. The molecule has 0 fully saturated rings. The van der Waals surface area contributed by atoms with Gasteiger partial charge in [-0.3, -0.25) is 4.79 Å². The molecule has 0 saturated carbocycles. The van der Waals surface area contributed by atoms with Gasteiger partial charge in [-0.2, -0.15) is 4.31 Å². The fourth-order valence-corrected chi connectivity index (χ4v) is 4.76. The molecule has 1 aromatic rings. The molecule has 0 bridgehead atoms. The van der Waals surface area contributed by atoms with Crippen LogP contribution in [0.15, 0.2) is 35.2 Å². The maximum atomic E-state index is 12.7. The van der Waals surface area contributed by atoms with Crippen molar-refractivity contribution < 1.29 is 13.7 Å². The number of methoxy groups -OCH3 is 1. The number of ether oxygens (including phenoxy) is 1. The molecule has 0 saturated heterocycles. The lowest BCUT2D eigenvalue weighted by Crippen LogP contribution is -2.43. The molecule has 19 heavy (non-hydrogen) atoms. The molecular formula is C10H10Cl3NO3S2. The number of benzene rings is 1. The SMILES string of the molecule is COC(=O)CN(C(Cl)(Cl)Cl)S(=O)(=S)c1ccccc1. The van der Waals surface area contributed by atoms with Crippen molar-refractivity contribution in [2.75, 3.05) is 13.7 Å². The zero-order valence-electron chi connectivity index (χ0n) is 9.72. The second-order valence-corrected chi connectivity index (χ2v) is 8.81. The maximum absolute atomic E-state index is 12.7. The average Bonchev–Trinajstić information content (AvgIpc) is 2.35. The van der Waals surface area contributed by atoms with Gasteiger partial charge in [-0.15, -0.1) is 0 Å². The van der Waals surface area contributed by atoms with Crippen LogP contribution in [0.2, 0.25) is 0 Å². The quantitative estimate of drug-likeness (QED) is 0.469. The van der Waals surface area contributed by atoms with Crippen LogP contribution < -0.4 is 0 Å². The van der Waals surface area contributed by atoms with Crippen LogP contribution in [-0.4, -0.2) is 32.1 Å². The summed E-state index contributed by atoms with van der Waals surface area (Å²) < 4.78 is 15.9. The summed E-state index contributed by atoms with van der Waals surface area (Å²) in [5, 5.41) is 0. The Morgan fingerprint density at radius 3 is 2.32 bits per heavy atom. The summed E-state index contributed by atoms with van der Waals surface area (Å²) >= 11 is 22.3. The van der Waals surface area contributed by atoms with Crippen LogP contribution in [0.25, 0.3) is 0 Å². The first-order valence-electron chi connectivity index (χ1n) is 4.91. The first-order valence-corrected chi connectivity index (χ1v) is 8.48. The highest BCUT2D eigenvalue weighted by Gasteiger charge is 2.39. The molecule has 1 rings (SSSR count).